The van der Waals surface area contributed by atoms with E-state index in [4.69, 9.17) is 18.8 Å². The minimum absolute atomic E-state index is 0.0199. The van der Waals surface area contributed by atoms with E-state index in [1.165, 1.54) is 0 Å². The number of fused-ring (bicyclic) bond motifs is 1. The summed E-state index contributed by atoms with van der Waals surface area (Å²) in [6.07, 6.45) is 0. The van der Waals surface area contributed by atoms with Crippen molar-refractivity contribution in [2.75, 3.05) is 20.0 Å². The Bertz CT molecular complexity index is 557. The van der Waals surface area contributed by atoms with E-state index in [0.29, 0.717) is 28.0 Å². The topological polar surface area (TPSA) is 0 Å². The Morgan fingerprint density at radius 3 is 1.14 bits per heavy atom. The van der Waals surface area contributed by atoms with Crippen LogP contribution in [-0.4, -0.2) is 92.0 Å². The summed E-state index contributed by atoms with van der Waals surface area (Å²) in [5.41, 5.74) is 1.45. The zero-order valence-electron chi connectivity index (χ0n) is 19.5. The van der Waals surface area contributed by atoms with Crippen molar-refractivity contribution in [3.63, 3.8) is 0 Å². The summed E-state index contributed by atoms with van der Waals surface area (Å²) >= 11 is 8.91. The molecule has 3 fully saturated rings. The second-order valence-electron chi connectivity index (χ2n) is 11.0. The van der Waals surface area contributed by atoms with Crippen molar-refractivity contribution in [2.24, 2.45) is 16.2 Å². The molecule has 3 rings (SSSR count). The van der Waals surface area contributed by atoms with Gasteiger partial charge >= 0.3 is 206 Å². The summed E-state index contributed by atoms with van der Waals surface area (Å²) < 4.78 is 2.11. The Morgan fingerprint density at radius 2 is 0.966 bits per heavy atom. The van der Waals surface area contributed by atoms with Crippen molar-refractivity contribution in [3.8, 4) is 0 Å². The number of rotatable bonds is 0. The molecule has 176 valence electrons. The van der Waals surface area contributed by atoms with Gasteiger partial charge in [-0.15, -0.1) is 7.92 Å². The van der Waals surface area contributed by atoms with Crippen molar-refractivity contribution in [3.05, 3.63) is 0 Å². The van der Waals surface area contributed by atoms with Crippen LogP contribution in [0.15, 0.2) is 0 Å². The van der Waals surface area contributed by atoms with E-state index in [-0.39, 0.29) is 19.8 Å². The van der Waals surface area contributed by atoms with Crippen LogP contribution in [0.1, 0.15) is 62.3 Å². The molecule has 3 aliphatic rings. The summed E-state index contributed by atoms with van der Waals surface area (Å²) in [7, 11) is 10.1. The average molecular weight is 958 g/mol. The molecular weight excluding hydrogens is 922 g/mol. The summed E-state index contributed by atoms with van der Waals surface area (Å²) in [5.74, 6) is 0. The molecule has 0 nitrogen and oxygen atoms in total. The monoisotopic (exact) mass is 961 g/mol. The van der Waals surface area contributed by atoms with Crippen molar-refractivity contribution in [1.82, 2.24) is 0 Å². The molecule has 0 aromatic heterocycles. The van der Waals surface area contributed by atoms with Gasteiger partial charge in [-0.2, -0.15) is 0 Å². The molecule has 11 heteroatoms. The van der Waals surface area contributed by atoms with E-state index in [0.717, 1.165) is 37.1 Å². The number of hydrogen-bond donors (Lipinski definition) is 0. The molecular formula is C18H36Cl2P4PtSe4. The van der Waals surface area contributed by atoms with Crippen LogP contribution in [0.25, 0.3) is 0 Å². The van der Waals surface area contributed by atoms with Crippen LogP contribution < -0.4 is 0 Å². The Kier molecular flexibility index (Phi) is 12.0. The van der Waals surface area contributed by atoms with Crippen LogP contribution in [0, 0.1) is 16.2 Å². The Balaban J connectivity index is 0.000000526. The summed E-state index contributed by atoms with van der Waals surface area (Å²) in [6.45, 7) is 30.0. The van der Waals surface area contributed by atoms with Crippen LogP contribution in [0.3, 0.4) is 0 Å². The fraction of sp³-hybridized carbons (Fsp3) is 1.00. The predicted octanol–water partition coefficient (Wildman–Crippen LogP) is 7.80. The maximum atomic E-state index is 4.88. The van der Waals surface area contributed by atoms with Crippen molar-refractivity contribution < 1.29 is 16.5 Å². The first-order chi connectivity index (χ1) is 12.8. The van der Waals surface area contributed by atoms with Crippen molar-refractivity contribution >= 4 is 107 Å². The zero-order valence-corrected chi connectivity index (χ0v) is 33.7. The van der Waals surface area contributed by atoms with Crippen LogP contribution >= 0.6 is 46.6 Å². The fourth-order valence-corrected chi connectivity index (χ4v) is 84.5. The van der Waals surface area contributed by atoms with Gasteiger partial charge < -0.3 is 0 Å². The molecule has 2 radical (unpaired) electrons. The summed E-state index contributed by atoms with van der Waals surface area (Å²) in [6, 6.07) is 0. The predicted molar refractivity (Wildman–Crippen MR) is 147 cm³/mol. The SMILES string of the molecule is CC(C)(C)C12[Se]P3[C@](C(C)(C)C)([Se][C@@]3(C(C)(C)C)P1[Se])P2[Se].CP(C)C.[Cl][Pt][Cl]. The molecule has 0 N–H and O–H groups in total. The molecule has 29 heavy (non-hydrogen) atoms. The Hall–Kier alpha value is 5.07. The van der Waals surface area contributed by atoms with E-state index in [9.17, 15) is 0 Å². The summed E-state index contributed by atoms with van der Waals surface area (Å²) in [4.78, 5) is 0. The van der Waals surface area contributed by atoms with E-state index in [1.807, 2.05) is 0 Å². The third-order valence-electron chi connectivity index (χ3n) is 5.09. The van der Waals surface area contributed by atoms with Gasteiger partial charge in [0.15, 0.2) is 0 Å². The quantitative estimate of drug-likeness (QED) is 0.172. The first-order valence-corrected chi connectivity index (χ1v) is 30.9. The minimum atomic E-state index is -0.472. The Morgan fingerprint density at radius 1 is 0.724 bits per heavy atom. The van der Waals surface area contributed by atoms with Crippen LogP contribution in [0.4, 0.5) is 0 Å². The molecule has 0 spiro atoms. The molecule has 3 heterocycles. The summed E-state index contributed by atoms with van der Waals surface area (Å²) in [5, 5.41) is 0. The molecule has 0 aliphatic carbocycles. The molecule has 4 unspecified atom stereocenters. The second kappa shape index (κ2) is 10.8. The molecule has 0 amide bonds. The van der Waals surface area contributed by atoms with Gasteiger partial charge in [0.2, 0.25) is 0 Å². The molecule has 0 aromatic rings. The standard InChI is InChI=1S/C15H27P3Se4.C3H9P.2ClH.Pt/c1-10(2,3)13-16(19)14(11(4,5)6)18(22-13)15(21-14,17(13)20)12(7,8)9;1-4(2)3;;;/h1-9H3;1-3H3;2*1H;/q;;;;+2/p-2/t13?,14-,15+,16?,17?,18?;;;;. The van der Waals surface area contributed by atoms with Gasteiger partial charge in [0.1, 0.15) is 0 Å². The van der Waals surface area contributed by atoms with Gasteiger partial charge in [0, 0.05) is 0 Å². The number of hydrogen-bond acceptors (Lipinski definition) is 0. The van der Waals surface area contributed by atoms with Crippen LogP contribution in [0.2, 0.25) is 0 Å². The van der Waals surface area contributed by atoms with E-state index >= 15 is 0 Å². The molecule has 0 aromatic carbocycles. The first-order valence-electron chi connectivity index (χ1n) is 9.33. The second-order valence-corrected chi connectivity index (χ2v) is 40.4. The average Bonchev–Trinajstić information content (AvgIpc) is 2.76. The van der Waals surface area contributed by atoms with E-state index in [1.54, 1.807) is 0 Å². The van der Waals surface area contributed by atoms with Gasteiger partial charge in [-0.1, -0.05) is 0 Å². The van der Waals surface area contributed by atoms with Crippen molar-refractivity contribution in [1.29, 1.82) is 0 Å². The molecule has 2 bridgehead atoms. The normalized spacial score (nSPS) is 40.8. The van der Waals surface area contributed by atoms with Gasteiger partial charge in [0.25, 0.3) is 0 Å². The molecule has 3 saturated heterocycles. The first kappa shape index (κ1) is 32.1. The molecule has 6 atom stereocenters. The van der Waals surface area contributed by atoms with Gasteiger partial charge in [0.05, 0.1) is 0 Å². The van der Waals surface area contributed by atoms with Gasteiger partial charge in [-0.05, 0) is 20.0 Å². The maximum absolute atomic E-state index is 4.88. The van der Waals surface area contributed by atoms with Crippen LogP contribution in [0.5, 0.6) is 0 Å². The fourth-order valence-electron chi connectivity index (χ4n) is 3.79. The van der Waals surface area contributed by atoms with Gasteiger partial charge in [-0.25, -0.2) is 0 Å². The third-order valence-corrected chi connectivity index (χ3v) is 62.0. The number of halogens is 2. The van der Waals surface area contributed by atoms with Crippen LogP contribution in [-0.2, 0) is 16.5 Å². The van der Waals surface area contributed by atoms with Gasteiger partial charge in [-0.3, -0.25) is 0 Å². The molecule has 3 aliphatic heterocycles. The van der Waals surface area contributed by atoms with Crippen molar-refractivity contribution in [2.45, 2.75) is 73.7 Å². The third kappa shape index (κ3) is 5.10. The molecule has 0 saturated carbocycles. The van der Waals surface area contributed by atoms with E-state index in [2.05, 4.69) is 113 Å². The zero-order chi connectivity index (χ0) is 23.4. The van der Waals surface area contributed by atoms with E-state index < -0.39 is 16.5 Å². The Labute approximate surface area is 230 Å².